The summed E-state index contributed by atoms with van der Waals surface area (Å²) in [7, 11) is 0. The van der Waals surface area contributed by atoms with Gasteiger partial charge in [0.05, 0.1) is 0 Å². The minimum absolute atomic E-state index is 1.11. The van der Waals surface area contributed by atoms with Gasteiger partial charge in [0.15, 0.2) is 0 Å². The molecule has 0 nitrogen and oxygen atoms in total. The zero-order chi connectivity index (χ0) is 11.2. The fourth-order valence-electron chi connectivity index (χ4n) is 1.86. The van der Waals surface area contributed by atoms with Crippen LogP contribution >= 0.6 is 0 Å². The topological polar surface area (TPSA) is 0 Å². The Balaban J connectivity index is 2.81. The molecule has 0 aromatic heterocycles. The van der Waals surface area contributed by atoms with E-state index in [0.717, 1.165) is 6.42 Å². The standard InChI is InChI=1S/C15H30/c1-3-5-7-9-11-13-15-14-12-10-8-6-4-2/h13H,1,3-12,14-15H2,2H3. The van der Waals surface area contributed by atoms with Gasteiger partial charge in [-0.05, 0) is 6.42 Å². The molecular weight excluding hydrogens is 180 g/mol. The van der Waals surface area contributed by atoms with E-state index in [4.69, 9.17) is 0 Å². The van der Waals surface area contributed by atoms with E-state index < -0.39 is 0 Å². The van der Waals surface area contributed by atoms with Crippen molar-refractivity contribution in [2.75, 3.05) is 0 Å². The molecule has 0 N–H and O–H groups in total. The summed E-state index contributed by atoms with van der Waals surface area (Å²) in [5.74, 6) is 0. The first-order valence-corrected chi connectivity index (χ1v) is 7.02. The van der Waals surface area contributed by atoms with Crippen LogP contribution in [0.4, 0.5) is 0 Å². The Morgan fingerprint density at radius 3 is 1.87 bits per heavy atom. The van der Waals surface area contributed by atoms with Crippen molar-refractivity contribution in [1.29, 1.82) is 0 Å². The van der Waals surface area contributed by atoms with Crippen LogP contribution in [0.15, 0.2) is 0 Å². The molecular formula is C15H30. The highest BCUT2D eigenvalue weighted by atomic mass is 14.0. The molecule has 0 heterocycles. The molecule has 15 heavy (non-hydrogen) atoms. The second-order valence-corrected chi connectivity index (χ2v) is 4.55. The molecule has 0 atom stereocenters. The Bertz CT molecular complexity index is 84.2. The third-order valence-electron chi connectivity index (χ3n) is 2.92. The van der Waals surface area contributed by atoms with E-state index in [2.05, 4.69) is 20.3 Å². The summed E-state index contributed by atoms with van der Waals surface area (Å²) in [6.07, 6.45) is 18.9. The van der Waals surface area contributed by atoms with E-state index in [0.29, 0.717) is 0 Å². The minimum Gasteiger partial charge on any atom is -0.0654 e. The van der Waals surface area contributed by atoms with Gasteiger partial charge < -0.3 is 0 Å². The molecule has 0 amide bonds. The summed E-state index contributed by atoms with van der Waals surface area (Å²) in [5.41, 5.74) is 0. The Morgan fingerprint density at radius 2 is 1.27 bits per heavy atom. The lowest BCUT2D eigenvalue weighted by Gasteiger charge is -2.01. The van der Waals surface area contributed by atoms with Gasteiger partial charge in [0.1, 0.15) is 0 Å². The lowest BCUT2D eigenvalue weighted by molar-refractivity contribution is 0.593. The fraction of sp³-hybridized carbons (Fsp3) is 0.867. The summed E-state index contributed by atoms with van der Waals surface area (Å²) in [6, 6.07) is 0. The zero-order valence-corrected chi connectivity index (χ0v) is 10.8. The molecule has 2 radical (unpaired) electrons. The minimum atomic E-state index is 1.11. The molecule has 0 unspecified atom stereocenters. The van der Waals surface area contributed by atoms with E-state index >= 15 is 0 Å². The van der Waals surface area contributed by atoms with Gasteiger partial charge in [-0.25, -0.2) is 0 Å². The van der Waals surface area contributed by atoms with Crippen LogP contribution in [0.1, 0.15) is 84.0 Å². The van der Waals surface area contributed by atoms with E-state index in [1.54, 1.807) is 0 Å². The number of hydrogen-bond donors (Lipinski definition) is 0. The van der Waals surface area contributed by atoms with Crippen LogP contribution in [0.2, 0.25) is 0 Å². The normalized spacial score (nSPS) is 10.8. The van der Waals surface area contributed by atoms with Gasteiger partial charge in [-0.2, -0.15) is 0 Å². The van der Waals surface area contributed by atoms with E-state index in [-0.39, 0.29) is 0 Å². The molecule has 0 saturated heterocycles. The molecule has 0 aromatic rings. The molecule has 0 rings (SSSR count). The van der Waals surface area contributed by atoms with Crippen molar-refractivity contribution in [3.05, 3.63) is 13.3 Å². The third kappa shape index (κ3) is 14.0. The van der Waals surface area contributed by atoms with Gasteiger partial charge in [-0.3, -0.25) is 0 Å². The van der Waals surface area contributed by atoms with Gasteiger partial charge in [0.2, 0.25) is 0 Å². The van der Waals surface area contributed by atoms with Crippen LogP contribution in [0, 0.1) is 13.3 Å². The SMILES string of the molecule is [CH2]CCCCC[CH]CCCCCCCC. The summed E-state index contributed by atoms with van der Waals surface area (Å²) < 4.78 is 0. The third-order valence-corrected chi connectivity index (χ3v) is 2.92. The van der Waals surface area contributed by atoms with Crippen molar-refractivity contribution >= 4 is 0 Å². The van der Waals surface area contributed by atoms with Crippen LogP contribution in [-0.2, 0) is 0 Å². The zero-order valence-electron chi connectivity index (χ0n) is 10.8. The largest absolute Gasteiger partial charge is 0.0654 e. The highest BCUT2D eigenvalue weighted by molar-refractivity contribution is 4.64. The summed E-state index contributed by atoms with van der Waals surface area (Å²) in [6.45, 7) is 6.14. The van der Waals surface area contributed by atoms with Crippen molar-refractivity contribution < 1.29 is 0 Å². The van der Waals surface area contributed by atoms with E-state index in [9.17, 15) is 0 Å². The van der Waals surface area contributed by atoms with Crippen LogP contribution in [0.5, 0.6) is 0 Å². The molecule has 0 heteroatoms. The first-order chi connectivity index (χ1) is 7.41. The first-order valence-electron chi connectivity index (χ1n) is 7.02. The van der Waals surface area contributed by atoms with Gasteiger partial charge >= 0.3 is 0 Å². The molecule has 0 aromatic carbocycles. The smallest absolute Gasteiger partial charge is 0.0386 e. The maximum absolute atomic E-state index is 3.86. The van der Waals surface area contributed by atoms with Gasteiger partial charge in [-0.15, -0.1) is 0 Å². The second-order valence-electron chi connectivity index (χ2n) is 4.55. The van der Waals surface area contributed by atoms with Crippen LogP contribution < -0.4 is 0 Å². The van der Waals surface area contributed by atoms with E-state index in [1.165, 1.54) is 70.6 Å². The monoisotopic (exact) mass is 210 g/mol. The van der Waals surface area contributed by atoms with Crippen molar-refractivity contribution in [2.24, 2.45) is 0 Å². The van der Waals surface area contributed by atoms with Gasteiger partial charge in [-0.1, -0.05) is 90.9 Å². The summed E-state index contributed by atoms with van der Waals surface area (Å²) >= 11 is 0. The van der Waals surface area contributed by atoms with E-state index in [1.807, 2.05) is 0 Å². The van der Waals surface area contributed by atoms with Crippen molar-refractivity contribution in [3.8, 4) is 0 Å². The molecule has 0 aliphatic rings. The Kier molecular flexibility index (Phi) is 14.0. The predicted molar refractivity (Wildman–Crippen MR) is 70.7 cm³/mol. The lowest BCUT2D eigenvalue weighted by atomic mass is 10.1. The number of rotatable bonds is 12. The maximum atomic E-state index is 3.86. The average Bonchev–Trinajstić information content (AvgIpc) is 2.26. The molecule has 0 saturated carbocycles. The lowest BCUT2D eigenvalue weighted by Crippen LogP contribution is -1.82. The van der Waals surface area contributed by atoms with Crippen molar-refractivity contribution in [1.82, 2.24) is 0 Å². The van der Waals surface area contributed by atoms with Crippen LogP contribution in [0.3, 0.4) is 0 Å². The molecule has 0 spiro atoms. The Morgan fingerprint density at radius 1 is 0.733 bits per heavy atom. The van der Waals surface area contributed by atoms with Crippen LogP contribution in [-0.4, -0.2) is 0 Å². The van der Waals surface area contributed by atoms with Crippen LogP contribution in [0.25, 0.3) is 0 Å². The Labute approximate surface area is 97.8 Å². The number of unbranched alkanes of at least 4 members (excludes halogenated alkanes) is 12. The fourth-order valence-corrected chi connectivity index (χ4v) is 1.86. The maximum Gasteiger partial charge on any atom is -0.0386 e. The molecule has 90 valence electrons. The van der Waals surface area contributed by atoms with Crippen molar-refractivity contribution in [3.63, 3.8) is 0 Å². The number of hydrogen-bond acceptors (Lipinski definition) is 0. The van der Waals surface area contributed by atoms with Crippen molar-refractivity contribution in [2.45, 2.75) is 84.0 Å². The molecule has 0 fully saturated rings. The Hall–Kier alpha value is 0. The van der Waals surface area contributed by atoms with Gasteiger partial charge in [0, 0.05) is 0 Å². The molecule has 0 bridgehead atoms. The molecule has 0 aliphatic carbocycles. The predicted octanol–water partition coefficient (Wildman–Crippen LogP) is 5.73. The highest BCUT2D eigenvalue weighted by Crippen LogP contribution is 2.11. The quantitative estimate of drug-likeness (QED) is 0.361. The molecule has 0 aliphatic heterocycles. The second kappa shape index (κ2) is 14.0. The average molecular weight is 210 g/mol. The highest BCUT2D eigenvalue weighted by Gasteiger charge is 1.92. The first kappa shape index (κ1) is 15.0. The summed E-state index contributed by atoms with van der Waals surface area (Å²) in [4.78, 5) is 0. The summed E-state index contributed by atoms with van der Waals surface area (Å²) in [5, 5.41) is 0. The van der Waals surface area contributed by atoms with Gasteiger partial charge in [0.25, 0.3) is 0 Å².